The van der Waals surface area contributed by atoms with E-state index in [4.69, 9.17) is 5.73 Å². The normalized spacial score (nSPS) is 23.2. The van der Waals surface area contributed by atoms with E-state index in [0.29, 0.717) is 19.5 Å². The molecule has 0 unspecified atom stereocenters. The van der Waals surface area contributed by atoms with Crippen LogP contribution in [0.1, 0.15) is 20.3 Å². The van der Waals surface area contributed by atoms with E-state index in [2.05, 4.69) is 0 Å². The summed E-state index contributed by atoms with van der Waals surface area (Å²) in [7, 11) is 0. The average molecular weight is 172 g/mol. The third-order valence-electron chi connectivity index (χ3n) is 2.33. The molecule has 0 spiro atoms. The van der Waals surface area contributed by atoms with Crippen LogP contribution in [0.4, 0.5) is 0 Å². The van der Waals surface area contributed by atoms with Gasteiger partial charge in [0.25, 0.3) is 0 Å². The van der Waals surface area contributed by atoms with Crippen molar-refractivity contribution in [2.24, 2.45) is 5.73 Å². The summed E-state index contributed by atoms with van der Waals surface area (Å²) in [4.78, 5) is 12.8. The lowest BCUT2D eigenvalue weighted by Gasteiger charge is -2.46. The quantitative estimate of drug-likeness (QED) is 0.580. The molecule has 0 aliphatic carbocycles. The van der Waals surface area contributed by atoms with E-state index < -0.39 is 11.6 Å². The summed E-state index contributed by atoms with van der Waals surface area (Å²) in [6.45, 7) is 4.44. The van der Waals surface area contributed by atoms with Crippen LogP contribution in [-0.2, 0) is 4.79 Å². The maximum Gasteiger partial charge on any atom is 0.239 e. The summed E-state index contributed by atoms with van der Waals surface area (Å²) >= 11 is 0. The number of aliphatic hydroxyl groups is 1. The predicted molar refractivity (Wildman–Crippen MR) is 45.5 cm³/mol. The molecule has 0 radical (unpaired) electrons. The number of amides is 1. The molecule has 1 saturated heterocycles. The molecule has 70 valence electrons. The summed E-state index contributed by atoms with van der Waals surface area (Å²) < 4.78 is 0. The van der Waals surface area contributed by atoms with Gasteiger partial charge in [-0.2, -0.15) is 0 Å². The summed E-state index contributed by atoms with van der Waals surface area (Å²) in [6, 6.07) is -0.452. The van der Waals surface area contributed by atoms with Crippen LogP contribution < -0.4 is 5.73 Å². The van der Waals surface area contributed by atoms with Gasteiger partial charge < -0.3 is 15.7 Å². The number of carbonyl (C=O) groups is 1. The smallest absolute Gasteiger partial charge is 0.239 e. The molecule has 0 aromatic carbocycles. The van der Waals surface area contributed by atoms with Crippen molar-refractivity contribution < 1.29 is 9.90 Å². The second-order valence-electron chi connectivity index (χ2n) is 3.56. The second kappa shape index (κ2) is 3.03. The molecule has 1 rings (SSSR count). The van der Waals surface area contributed by atoms with Gasteiger partial charge in [-0.05, 0) is 13.3 Å². The molecule has 1 aliphatic heterocycles. The third-order valence-corrected chi connectivity index (χ3v) is 2.33. The highest BCUT2D eigenvalue weighted by Crippen LogP contribution is 2.24. The first-order chi connectivity index (χ1) is 5.48. The summed E-state index contributed by atoms with van der Waals surface area (Å²) in [5.41, 5.74) is 4.76. The van der Waals surface area contributed by atoms with Gasteiger partial charge in [-0.1, -0.05) is 6.92 Å². The van der Waals surface area contributed by atoms with Crippen LogP contribution in [0.5, 0.6) is 0 Å². The topological polar surface area (TPSA) is 66.6 Å². The Morgan fingerprint density at radius 3 is 2.58 bits per heavy atom. The number of β-amino-alcohol motifs (C(OH)–C–C–N with tert-alkyl or cyclic N) is 1. The molecule has 1 amide bonds. The third kappa shape index (κ3) is 1.59. The van der Waals surface area contributed by atoms with Gasteiger partial charge in [0.2, 0.25) is 5.91 Å². The average Bonchev–Trinajstić information content (AvgIpc) is 1.97. The molecule has 1 atom stereocenters. The fourth-order valence-corrected chi connectivity index (χ4v) is 1.33. The van der Waals surface area contributed by atoms with Crippen LogP contribution in [0.3, 0.4) is 0 Å². The summed E-state index contributed by atoms with van der Waals surface area (Å²) in [5, 5.41) is 9.59. The van der Waals surface area contributed by atoms with Crippen molar-refractivity contribution in [1.29, 1.82) is 0 Å². The highest BCUT2D eigenvalue weighted by molar-refractivity contribution is 5.82. The molecule has 1 aliphatic rings. The summed E-state index contributed by atoms with van der Waals surface area (Å²) in [6.07, 6.45) is 0.690. The van der Waals surface area contributed by atoms with E-state index in [-0.39, 0.29) is 5.91 Å². The van der Waals surface area contributed by atoms with E-state index in [0.717, 1.165) is 0 Å². The van der Waals surface area contributed by atoms with E-state index in [1.54, 1.807) is 11.8 Å². The lowest BCUT2D eigenvalue weighted by atomic mass is 9.91. The molecular weight excluding hydrogens is 156 g/mol. The highest BCUT2D eigenvalue weighted by Gasteiger charge is 2.42. The Bertz CT molecular complexity index is 185. The SMILES string of the molecule is CCC1(O)CN(C(=O)[C@H](C)N)C1. The van der Waals surface area contributed by atoms with Crippen LogP contribution in [0.25, 0.3) is 0 Å². The van der Waals surface area contributed by atoms with Gasteiger partial charge in [-0.3, -0.25) is 4.79 Å². The summed E-state index contributed by atoms with van der Waals surface area (Å²) in [5.74, 6) is -0.0758. The van der Waals surface area contributed by atoms with Gasteiger partial charge in [0.05, 0.1) is 24.7 Å². The van der Waals surface area contributed by atoms with Crippen molar-refractivity contribution in [3.8, 4) is 0 Å². The fourth-order valence-electron chi connectivity index (χ4n) is 1.33. The van der Waals surface area contributed by atoms with Crippen molar-refractivity contribution in [3.63, 3.8) is 0 Å². The maximum absolute atomic E-state index is 11.2. The molecule has 0 bridgehead atoms. The number of nitrogens with zero attached hydrogens (tertiary/aromatic N) is 1. The van der Waals surface area contributed by atoms with Crippen LogP contribution in [0, 0.1) is 0 Å². The molecule has 1 heterocycles. The number of hydrogen-bond acceptors (Lipinski definition) is 3. The predicted octanol–water partition coefficient (Wildman–Crippen LogP) is -0.683. The zero-order valence-corrected chi connectivity index (χ0v) is 7.58. The van der Waals surface area contributed by atoms with Gasteiger partial charge >= 0.3 is 0 Å². The van der Waals surface area contributed by atoms with Gasteiger partial charge in [0.1, 0.15) is 0 Å². The molecule has 12 heavy (non-hydrogen) atoms. The van der Waals surface area contributed by atoms with Crippen LogP contribution in [0.2, 0.25) is 0 Å². The van der Waals surface area contributed by atoms with Crippen LogP contribution >= 0.6 is 0 Å². The van der Waals surface area contributed by atoms with Gasteiger partial charge in [0.15, 0.2) is 0 Å². The first-order valence-corrected chi connectivity index (χ1v) is 4.25. The first-order valence-electron chi connectivity index (χ1n) is 4.25. The minimum atomic E-state index is -0.648. The highest BCUT2D eigenvalue weighted by atomic mass is 16.3. The number of rotatable bonds is 2. The minimum absolute atomic E-state index is 0.0758. The number of hydrogen-bond donors (Lipinski definition) is 2. The van der Waals surface area contributed by atoms with Gasteiger partial charge in [-0.25, -0.2) is 0 Å². The first kappa shape index (κ1) is 9.48. The largest absolute Gasteiger partial charge is 0.386 e. The second-order valence-corrected chi connectivity index (χ2v) is 3.56. The lowest BCUT2D eigenvalue weighted by Crippen LogP contribution is -2.65. The Morgan fingerprint density at radius 1 is 1.75 bits per heavy atom. The van der Waals surface area contributed by atoms with Crippen molar-refractivity contribution in [3.05, 3.63) is 0 Å². The molecule has 4 nitrogen and oxygen atoms in total. The Kier molecular flexibility index (Phi) is 2.39. The van der Waals surface area contributed by atoms with E-state index in [1.807, 2.05) is 6.92 Å². The molecule has 4 heteroatoms. The minimum Gasteiger partial charge on any atom is -0.386 e. The monoisotopic (exact) mass is 172 g/mol. The number of likely N-dealkylation sites (tertiary alicyclic amines) is 1. The molecule has 1 fully saturated rings. The van der Waals surface area contributed by atoms with E-state index >= 15 is 0 Å². The van der Waals surface area contributed by atoms with Crippen molar-refractivity contribution in [2.75, 3.05) is 13.1 Å². The molecule has 0 aromatic rings. The number of carbonyl (C=O) groups excluding carboxylic acids is 1. The van der Waals surface area contributed by atoms with Crippen molar-refractivity contribution >= 4 is 5.91 Å². The van der Waals surface area contributed by atoms with Crippen LogP contribution in [0.15, 0.2) is 0 Å². The molecule has 0 saturated carbocycles. The van der Waals surface area contributed by atoms with Crippen LogP contribution in [-0.4, -0.2) is 40.6 Å². The van der Waals surface area contributed by atoms with Crippen molar-refractivity contribution in [1.82, 2.24) is 4.90 Å². The van der Waals surface area contributed by atoms with E-state index in [1.165, 1.54) is 0 Å². The Morgan fingerprint density at radius 2 is 2.25 bits per heavy atom. The van der Waals surface area contributed by atoms with Crippen molar-refractivity contribution in [2.45, 2.75) is 31.9 Å². The Balaban J connectivity index is 2.39. The molecular formula is C8H16N2O2. The van der Waals surface area contributed by atoms with E-state index in [9.17, 15) is 9.90 Å². The zero-order chi connectivity index (χ0) is 9.35. The molecule has 0 aromatic heterocycles. The molecule has 3 N–H and O–H groups in total. The standard InChI is InChI=1S/C8H16N2O2/c1-3-8(12)4-10(5-8)7(11)6(2)9/h6,12H,3-5,9H2,1-2H3/t6-/m0/s1. The maximum atomic E-state index is 11.2. The Labute approximate surface area is 72.3 Å². The fraction of sp³-hybridized carbons (Fsp3) is 0.875. The van der Waals surface area contributed by atoms with Gasteiger partial charge in [-0.15, -0.1) is 0 Å². The zero-order valence-electron chi connectivity index (χ0n) is 7.58. The van der Waals surface area contributed by atoms with Gasteiger partial charge in [0, 0.05) is 0 Å². The lowest BCUT2D eigenvalue weighted by molar-refractivity contribution is -0.156. The Hall–Kier alpha value is -0.610. The number of nitrogens with two attached hydrogens (primary N) is 1.